The summed E-state index contributed by atoms with van der Waals surface area (Å²) in [6.07, 6.45) is 5.96. The molecule has 0 bridgehead atoms. The van der Waals surface area contributed by atoms with Crippen LogP contribution in [0.25, 0.3) is 0 Å². The van der Waals surface area contributed by atoms with Crippen LogP contribution in [-0.4, -0.2) is 17.7 Å². The summed E-state index contributed by atoms with van der Waals surface area (Å²) in [7, 11) is 0. The summed E-state index contributed by atoms with van der Waals surface area (Å²) >= 11 is 0. The Kier molecular flexibility index (Phi) is 1.68. The molecule has 1 aliphatic heterocycles. The molecule has 11 heavy (non-hydrogen) atoms. The molecule has 0 saturated heterocycles. The van der Waals surface area contributed by atoms with Crippen LogP contribution in [0, 0.1) is 0 Å². The van der Waals surface area contributed by atoms with E-state index < -0.39 is 0 Å². The van der Waals surface area contributed by atoms with Gasteiger partial charge in [0.1, 0.15) is 0 Å². The van der Waals surface area contributed by atoms with Gasteiger partial charge in [-0.15, -0.1) is 0 Å². The Balaban J connectivity index is 2.45. The van der Waals surface area contributed by atoms with E-state index in [1.165, 1.54) is 5.56 Å². The van der Waals surface area contributed by atoms with Crippen LogP contribution in [0.2, 0.25) is 0 Å². The van der Waals surface area contributed by atoms with Crippen LogP contribution in [0.1, 0.15) is 17.7 Å². The van der Waals surface area contributed by atoms with Gasteiger partial charge < -0.3 is 0 Å². The molecule has 2 heterocycles. The molecule has 0 amide bonds. The number of rotatable bonds is 0. The van der Waals surface area contributed by atoms with Gasteiger partial charge in [-0.05, 0) is 24.5 Å². The molecular weight excluding hydrogens is 136 g/mol. The molecule has 0 radical (unpaired) electrons. The Bertz CT molecular complexity index is 279. The van der Waals surface area contributed by atoms with Crippen molar-refractivity contribution in [3.05, 3.63) is 29.6 Å². The summed E-state index contributed by atoms with van der Waals surface area (Å²) in [5, 5.41) is 0. The quantitative estimate of drug-likeness (QED) is 0.543. The maximum atomic E-state index is 4.23. The number of hydrogen-bond acceptors (Lipinski definition) is 2. The molecule has 2 nitrogen and oxygen atoms in total. The molecule has 1 aromatic heterocycles. The Morgan fingerprint density at radius 1 is 1.36 bits per heavy atom. The molecule has 2 heteroatoms. The molecular formula is C9H10N2. The van der Waals surface area contributed by atoms with E-state index in [0.29, 0.717) is 0 Å². The van der Waals surface area contributed by atoms with E-state index >= 15 is 0 Å². The number of aliphatic imine (C=N–C) groups is 1. The average molecular weight is 146 g/mol. The lowest BCUT2D eigenvalue weighted by molar-refractivity contribution is 0.843. The third kappa shape index (κ3) is 1.29. The summed E-state index contributed by atoms with van der Waals surface area (Å²) in [5.74, 6) is 0. The summed E-state index contributed by atoms with van der Waals surface area (Å²) in [4.78, 5) is 8.45. The molecule has 0 N–H and O–H groups in total. The zero-order valence-corrected chi connectivity index (χ0v) is 6.33. The third-order valence-electron chi connectivity index (χ3n) is 1.87. The lowest BCUT2D eigenvalue weighted by Gasteiger charge is -1.98. The monoisotopic (exact) mass is 146 g/mol. The first-order chi connectivity index (χ1) is 5.47. The minimum atomic E-state index is 0.941. The highest BCUT2D eigenvalue weighted by molar-refractivity contribution is 5.79. The zero-order valence-electron chi connectivity index (χ0n) is 6.33. The van der Waals surface area contributed by atoms with E-state index in [0.717, 1.165) is 25.1 Å². The fraction of sp³-hybridized carbons (Fsp3) is 0.333. The molecule has 56 valence electrons. The Labute approximate surface area is 66.0 Å². The normalized spacial score (nSPS) is 15.6. The number of aromatic nitrogens is 1. The lowest BCUT2D eigenvalue weighted by Crippen LogP contribution is -1.92. The second kappa shape index (κ2) is 2.82. The van der Waals surface area contributed by atoms with Gasteiger partial charge in [0.05, 0.1) is 5.69 Å². The summed E-state index contributed by atoms with van der Waals surface area (Å²) in [5.41, 5.74) is 2.37. The number of aryl methyl sites for hydroxylation is 1. The molecule has 0 atom stereocenters. The van der Waals surface area contributed by atoms with E-state index in [1.807, 2.05) is 18.5 Å². The van der Waals surface area contributed by atoms with Crippen LogP contribution in [-0.2, 0) is 6.42 Å². The van der Waals surface area contributed by atoms with Gasteiger partial charge in [0.15, 0.2) is 0 Å². The smallest absolute Gasteiger partial charge is 0.0839 e. The van der Waals surface area contributed by atoms with Gasteiger partial charge in [-0.25, -0.2) is 0 Å². The van der Waals surface area contributed by atoms with E-state index in [1.54, 1.807) is 0 Å². The Hall–Kier alpha value is -1.18. The minimum Gasteiger partial charge on any atom is -0.291 e. The maximum absolute atomic E-state index is 4.23. The van der Waals surface area contributed by atoms with E-state index in [-0.39, 0.29) is 0 Å². The average Bonchev–Trinajstić information content (AvgIpc) is 2.28. The number of pyridine rings is 1. The Morgan fingerprint density at radius 3 is 3.36 bits per heavy atom. The summed E-state index contributed by atoms with van der Waals surface area (Å²) in [6.45, 7) is 0.941. The van der Waals surface area contributed by atoms with E-state index in [2.05, 4.69) is 16.0 Å². The number of hydrogen-bond donors (Lipinski definition) is 0. The van der Waals surface area contributed by atoms with Crippen LogP contribution in [0.4, 0.5) is 0 Å². The summed E-state index contributed by atoms with van der Waals surface area (Å²) in [6, 6.07) is 4.11. The first kappa shape index (κ1) is 6.53. The first-order valence-corrected chi connectivity index (χ1v) is 3.90. The van der Waals surface area contributed by atoms with Crippen molar-refractivity contribution in [2.75, 3.05) is 6.54 Å². The molecule has 1 aromatic rings. The van der Waals surface area contributed by atoms with Gasteiger partial charge in [0, 0.05) is 19.0 Å². The second-order valence-corrected chi connectivity index (χ2v) is 2.69. The zero-order chi connectivity index (χ0) is 7.52. The number of nitrogens with zero attached hydrogens (tertiary/aromatic N) is 2. The van der Waals surface area contributed by atoms with Gasteiger partial charge in [0.2, 0.25) is 0 Å². The molecule has 2 rings (SSSR count). The molecule has 0 aromatic carbocycles. The predicted molar refractivity (Wildman–Crippen MR) is 45.0 cm³/mol. The van der Waals surface area contributed by atoms with Crippen molar-refractivity contribution < 1.29 is 0 Å². The van der Waals surface area contributed by atoms with Crippen LogP contribution in [0.15, 0.2) is 23.3 Å². The summed E-state index contributed by atoms with van der Waals surface area (Å²) < 4.78 is 0. The van der Waals surface area contributed by atoms with Gasteiger partial charge in [-0.1, -0.05) is 6.07 Å². The highest BCUT2D eigenvalue weighted by Gasteiger charge is 2.02. The third-order valence-corrected chi connectivity index (χ3v) is 1.87. The fourth-order valence-electron chi connectivity index (χ4n) is 1.29. The van der Waals surface area contributed by atoms with Crippen molar-refractivity contribution in [3.63, 3.8) is 0 Å². The fourth-order valence-corrected chi connectivity index (χ4v) is 1.29. The van der Waals surface area contributed by atoms with Gasteiger partial charge in [-0.3, -0.25) is 9.98 Å². The van der Waals surface area contributed by atoms with E-state index in [4.69, 9.17) is 0 Å². The molecule has 0 saturated carbocycles. The van der Waals surface area contributed by atoms with Crippen molar-refractivity contribution in [2.24, 2.45) is 4.99 Å². The molecule has 0 fully saturated rings. The first-order valence-electron chi connectivity index (χ1n) is 3.90. The largest absolute Gasteiger partial charge is 0.291 e. The van der Waals surface area contributed by atoms with Crippen LogP contribution in [0.5, 0.6) is 0 Å². The second-order valence-electron chi connectivity index (χ2n) is 2.69. The molecule has 0 unspecified atom stereocenters. The van der Waals surface area contributed by atoms with Crippen molar-refractivity contribution in [1.29, 1.82) is 0 Å². The lowest BCUT2D eigenvalue weighted by atomic mass is 10.1. The predicted octanol–water partition coefficient (Wildman–Crippen LogP) is 1.45. The standard InChI is InChI=1S/C9H10N2/c1-3-8-4-2-6-11-9(8)7-10-5-1/h2,4,6-7H,1,3,5H2. The van der Waals surface area contributed by atoms with Crippen LogP contribution >= 0.6 is 0 Å². The molecule has 0 spiro atoms. The van der Waals surface area contributed by atoms with Gasteiger partial charge in [-0.2, -0.15) is 0 Å². The van der Waals surface area contributed by atoms with Gasteiger partial charge >= 0.3 is 0 Å². The van der Waals surface area contributed by atoms with Crippen molar-refractivity contribution >= 4 is 6.21 Å². The highest BCUT2D eigenvalue weighted by atomic mass is 14.8. The molecule has 1 aliphatic rings. The van der Waals surface area contributed by atoms with Crippen molar-refractivity contribution in [2.45, 2.75) is 12.8 Å². The Morgan fingerprint density at radius 2 is 2.36 bits per heavy atom. The maximum Gasteiger partial charge on any atom is 0.0839 e. The molecule has 0 aliphatic carbocycles. The van der Waals surface area contributed by atoms with Crippen LogP contribution in [0.3, 0.4) is 0 Å². The number of fused-ring (bicyclic) bond motifs is 1. The van der Waals surface area contributed by atoms with E-state index in [9.17, 15) is 0 Å². The van der Waals surface area contributed by atoms with Gasteiger partial charge in [0.25, 0.3) is 0 Å². The SMILES string of the molecule is C1=NCCCc2cccnc21. The topological polar surface area (TPSA) is 25.2 Å². The van der Waals surface area contributed by atoms with Crippen LogP contribution < -0.4 is 0 Å². The minimum absolute atomic E-state index is 0.941. The van der Waals surface area contributed by atoms with Crippen molar-refractivity contribution in [1.82, 2.24) is 4.98 Å². The van der Waals surface area contributed by atoms with Crippen molar-refractivity contribution in [3.8, 4) is 0 Å². The highest BCUT2D eigenvalue weighted by Crippen LogP contribution is 2.08.